The van der Waals surface area contributed by atoms with Crippen LogP contribution in [0.5, 0.6) is 11.5 Å². The molecule has 180 valence electrons. The van der Waals surface area contributed by atoms with Crippen molar-refractivity contribution in [1.82, 2.24) is 19.3 Å². The first-order chi connectivity index (χ1) is 17.2. The van der Waals surface area contributed by atoms with Crippen molar-refractivity contribution in [3.8, 4) is 11.5 Å². The highest BCUT2D eigenvalue weighted by Crippen LogP contribution is 2.29. The molecule has 4 heterocycles. The Morgan fingerprint density at radius 3 is 2.91 bits per heavy atom. The summed E-state index contributed by atoms with van der Waals surface area (Å²) in [5, 5.41) is 0. The van der Waals surface area contributed by atoms with Crippen LogP contribution in [-0.4, -0.2) is 58.6 Å². The predicted octanol–water partition coefficient (Wildman–Crippen LogP) is 3.65. The maximum Gasteiger partial charge on any atom is 0.254 e. The van der Waals surface area contributed by atoms with Gasteiger partial charge in [0.2, 0.25) is 0 Å². The monoisotopic (exact) mass is 472 g/mol. The molecular formula is C27H28N4O4. The summed E-state index contributed by atoms with van der Waals surface area (Å²) < 4.78 is 19.3. The van der Waals surface area contributed by atoms with Crippen LogP contribution < -0.4 is 9.47 Å². The van der Waals surface area contributed by atoms with Crippen molar-refractivity contribution in [1.29, 1.82) is 0 Å². The zero-order valence-corrected chi connectivity index (χ0v) is 19.7. The summed E-state index contributed by atoms with van der Waals surface area (Å²) >= 11 is 0. The highest BCUT2D eigenvalue weighted by Gasteiger charge is 2.25. The second-order valence-corrected chi connectivity index (χ2v) is 8.60. The maximum absolute atomic E-state index is 13.5. The number of amides is 1. The number of fused-ring (bicyclic) bond motifs is 1. The normalized spacial score (nSPS) is 16.1. The van der Waals surface area contributed by atoms with Crippen LogP contribution in [-0.2, 0) is 17.8 Å². The fourth-order valence-corrected chi connectivity index (χ4v) is 4.35. The molecule has 8 nitrogen and oxygen atoms in total. The lowest BCUT2D eigenvalue weighted by Gasteiger charge is -2.24. The lowest BCUT2D eigenvalue weighted by atomic mass is 10.0. The van der Waals surface area contributed by atoms with Gasteiger partial charge in [0, 0.05) is 49.4 Å². The van der Waals surface area contributed by atoms with Gasteiger partial charge in [0.15, 0.2) is 11.5 Å². The van der Waals surface area contributed by atoms with Crippen molar-refractivity contribution in [2.45, 2.75) is 13.0 Å². The van der Waals surface area contributed by atoms with Crippen molar-refractivity contribution < 1.29 is 19.0 Å². The van der Waals surface area contributed by atoms with Gasteiger partial charge in [-0.2, -0.15) is 0 Å². The molecule has 0 radical (unpaired) electrons. The van der Waals surface area contributed by atoms with E-state index in [1.807, 2.05) is 39.8 Å². The topological polar surface area (TPSA) is 78.2 Å². The number of ether oxygens (including phenoxy) is 3. The number of methoxy groups -OCH3 is 1. The average molecular weight is 473 g/mol. The molecule has 0 spiro atoms. The van der Waals surface area contributed by atoms with Crippen LogP contribution in [0.3, 0.4) is 0 Å². The number of imidazole rings is 1. The molecule has 1 aromatic carbocycles. The summed E-state index contributed by atoms with van der Waals surface area (Å²) in [6, 6.07) is 15.1. The molecule has 1 aliphatic heterocycles. The number of pyridine rings is 2. The zero-order chi connectivity index (χ0) is 24.0. The van der Waals surface area contributed by atoms with Gasteiger partial charge >= 0.3 is 0 Å². The van der Waals surface area contributed by atoms with Crippen LogP contribution in [0.15, 0.2) is 73.3 Å². The van der Waals surface area contributed by atoms with Gasteiger partial charge in [-0.1, -0.05) is 12.1 Å². The molecule has 4 aromatic rings. The molecule has 5 rings (SSSR count). The molecule has 8 heteroatoms. The number of rotatable bonds is 7. The van der Waals surface area contributed by atoms with Crippen LogP contribution in [0.2, 0.25) is 0 Å². The lowest BCUT2D eigenvalue weighted by molar-refractivity contribution is 0.0736. The first-order valence-corrected chi connectivity index (χ1v) is 11.7. The van der Waals surface area contributed by atoms with Crippen LogP contribution in [0.4, 0.5) is 0 Å². The standard InChI is InChI=1S/C27H28N4O4/c1-33-24-7-6-22(15-25(24)35-19-23-4-2-3-9-28-23)27(32)31-12-13-34-18-21(17-31)14-20-5-8-26-29-10-11-30(26)16-20/h2-11,15-16,21H,12-14,17-19H2,1H3. The van der Waals surface area contributed by atoms with Gasteiger partial charge < -0.3 is 23.5 Å². The number of carbonyl (C=O) groups excluding carboxylic acids is 1. The third-order valence-electron chi connectivity index (χ3n) is 6.11. The Labute approximate surface area is 204 Å². The molecule has 0 aliphatic carbocycles. The SMILES string of the molecule is COc1ccc(C(=O)N2CCOCC(Cc3ccc4nccn4c3)C2)cc1OCc1ccccn1. The van der Waals surface area contributed by atoms with Crippen molar-refractivity contribution in [3.63, 3.8) is 0 Å². The third kappa shape index (κ3) is 5.44. The van der Waals surface area contributed by atoms with Gasteiger partial charge in [-0.15, -0.1) is 0 Å². The minimum Gasteiger partial charge on any atom is -0.493 e. The molecular weight excluding hydrogens is 444 g/mol. The Morgan fingerprint density at radius 2 is 2.06 bits per heavy atom. The predicted molar refractivity (Wildman–Crippen MR) is 131 cm³/mol. The number of benzene rings is 1. The lowest BCUT2D eigenvalue weighted by Crippen LogP contribution is -2.36. The molecule has 1 saturated heterocycles. The maximum atomic E-state index is 13.5. The third-order valence-corrected chi connectivity index (χ3v) is 6.11. The molecule has 1 aliphatic rings. The van der Waals surface area contributed by atoms with Crippen LogP contribution >= 0.6 is 0 Å². The van der Waals surface area contributed by atoms with Gasteiger partial charge in [0.25, 0.3) is 5.91 Å². The molecule has 1 amide bonds. The van der Waals surface area contributed by atoms with Crippen LogP contribution in [0, 0.1) is 5.92 Å². The minimum absolute atomic E-state index is 0.0455. The Morgan fingerprint density at radius 1 is 1.11 bits per heavy atom. The second-order valence-electron chi connectivity index (χ2n) is 8.60. The van der Waals surface area contributed by atoms with Crippen molar-refractivity contribution in [3.05, 3.63) is 90.1 Å². The van der Waals surface area contributed by atoms with Crippen LogP contribution in [0.25, 0.3) is 5.65 Å². The van der Waals surface area contributed by atoms with E-state index in [0.717, 1.165) is 17.8 Å². The Kier molecular flexibility index (Phi) is 6.90. The minimum atomic E-state index is -0.0455. The van der Waals surface area contributed by atoms with Crippen molar-refractivity contribution in [2.75, 3.05) is 33.4 Å². The first-order valence-electron chi connectivity index (χ1n) is 11.7. The molecule has 1 atom stereocenters. The molecule has 1 unspecified atom stereocenters. The van der Waals surface area contributed by atoms with E-state index in [9.17, 15) is 4.79 Å². The average Bonchev–Trinajstić information content (AvgIpc) is 3.24. The largest absolute Gasteiger partial charge is 0.493 e. The number of aromatic nitrogens is 3. The van der Waals surface area contributed by atoms with E-state index >= 15 is 0 Å². The Bertz CT molecular complexity index is 1290. The summed E-state index contributed by atoms with van der Waals surface area (Å²) in [4.78, 5) is 23.9. The molecule has 1 fully saturated rings. The van der Waals surface area contributed by atoms with E-state index in [2.05, 4.69) is 22.2 Å². The van der Waals surface area contributed by atoms with Crippen molar-refractivity contribution >= 4 is 11.6 Å². The summed E-state index contributed by atoms with van der Waals surface area (Å²) in [5.41, 5.74) is 3.46. The molecule has 3 aromatic heterocycles. The van der Waals surface area contributed by atoms with E-state index in [0.29, 0.717) is 43.4 Å². The van der Waals surface area contributed by atoms with E-state index in [1.54, 1.807) is 37.7 Å². The zero-order valence-electron chi connectivity index (χ0n) is 19.7. The Hall–Kier alpha value is -3.91. The van der Waals surface area contributed by atoms with E-state index < -0.39 is 0 Å². The van der Waals surface area contributed by atoms with Gasteiger partial charge in [-0.3, -0.25) is 9.78 Å². The number of hydrogen-bond acceptors (Lipinski definition) is 6. The number of carbonyl (C=O) groups is 1. The molecule has 0 N–H and O–H groups in total. The fraction of sp³-hybridized carbons (Fsp3) is 0.296. The van der Waals surface area contributed by atoms with E-state index in [4.69, 9.17) is 14.2 Å². The van der Waals surface area contributed by atoms with Gasteiger partial charge in [0.05, 0.1) is 26.0 Å². The summed E-state index contributed by atoms with van der Waals surface area (Å²) in [7, 11) is 1.59. The summed E-state index contributed by atoms with van der Waals surface area (Å²) in [6.07, 6.45) is 8.36. The highest BCUT2D eigenvalue weighted by atomic mass is 16.5. The summed E-state index contributed by atoms with van der Waals surface area (Å²) in [5.74, 6) is 1.24. The van der Waals surface area contributed by atoms with Crippen molar-refractivity contribution in [2.24, 2.45) is 5.92 Å². The fourth-order valence-electron chi connectivity index (χ4n) is 4.35. The van der Waals surface area contributed by atoms with E-state index in [-0.39, 0.29) is 18.4 Å². The van der Waals surface area contributed by atoms with Gasteiger partial charge in [-0.05, 0) is 48.4 Å². The number of hydrogen-bond donors (Lipinski definition) is 0. The molecule has 0 saturated carbocycles. The number of nitrogens with zero attached hydrogens (tertiary/aromatic N) is 4. The summed E-state index contributed by atoms with van der Waals surface area (Å²) in [6.45, 7) is 2.59. The molecule has 0 bridgehead atoms. The Balaban J connectivity index is 1.29. The first kappa shape index (κ1) is 22.9. The molecule has 35 heavy (non-hydrogen) atoms. The van der Waals surface area contributed by atoms with E-state index in [1.165, 1.54) is 5.56 Å². The highest BCUT2D eigenvalue weighted by molar-refractivity contribution is 5.95. The van der Waals surface area contributed by atoms with Gasteiger partial charge in [-0.25, -0.2) is 4.98 Å². The quantitative estimate of drug-likeness (QED) is 0.409. The van der Waals surface area contributed by atoms with Crippen LogP contribution in [0.1, 0.15) is 21.6 Å². The second kappa shape index (κ2) is 10.6. The smallest absolute Gasteiger partial charge is 0.254 e. The van der Waals surface area contributed by atoms with Gasteiger partial charge in [0.1, 0.15) is 12.3 Å².